The summed E-state index contributed by atoms with van der Waals surface area (Å²) in [5.74, 6) is 1.94. The quantitative estimate of drug-likeness (QED) is 0.420. The molecule has 3 aliphatic rings. The van der Waals surface area contributed by atoms with Crippen LogP contribution in [0.2, 0.25) is 0 Å². The van der Waals surface area contributed by atoms with Crippen LogP contribution >= 0.6 is 0 Å². The summed E-state index contributed by atoms with van der Waals surface area (Å²) in [4.78, 5) is 4.52. The Bertz CT molecular complexity index is 693. The predicted molar refractivity (Wildman–Crippen MR) is 113 cm³/mol. The minimum atomic E-state index is 0.0000774. The summed E-state index contributed by atoms with van der Waals surface area (Å²) in [6, 6.07) is 8.73. The number of benzene rings is 1. The highest BCUT2D eigenvalue weighted by molar-refractivity contribution is 5.80. The molecule has 1 aliphatic heterocycles. The zero-order valence-electron chi connectivity index (χ0n) is 17.4. The average Bonchev–Trinajstić information content (AvgIpc) is 3.35. The topological polar surface area (TPSA) is 54.9 Å². The minimum absolute atomic E-state index is 0.0000774. The van der Waals surface area contributed by atoms with Gasteiger partial charge in [-0.25, -0.2) is 0 Å². The molecule has 2 N–H and O–H groups in total. The molecule has 1 heterocycles. The number of hydrogen-bond donors (Lipinski definition) is 2. The normalized spacial score (nSPS) is 24.5. The molecular formula is C23H35N3O2. The second-order valence-corrected chi connectivity index (χ2v) is 8.80. The first-order valence-corrected chi connectivity index (χ1v) is 11.0. The van der Waals surface area contributed by atoms with Crippen molar-refractivity contribution in [3.8, 4) is 5.75 Å². The van der Waals surface area contributed by atoms with Gasteiger partial charge in [0, 0.05) is 38.8 Å². The standard InChI is InChI=1S/C23H35N3O2/c1-3-27-15-14-22(12-13-22)17-25-21(24-2)26-19-16-23(10-6-7-11-23)28-20-9-5-4-8-18(19)20/h4-5,8-9,19H,3,6-7,10-17H2,1-2H3,(H2,24,25,26). The highest BCUT2D eigenvalue weighted by Crippen LogP contribution is 2.48. The van der Waals surface area contributed by atoms with Gasteiger partial charge in [0.15, 0.2) is 5.96 Å². The summed E-state index contributed by atoms with van der Waals surface area (Å²) in [5.41, 5.74) is 1.65. The molecule has 0 radical (unpaired) electrons. The summed E-state index contributed by atoms with van der Waals surface area (Å²) in [5, 5.41) is 7.31. The summed E-state index contributed by atoms with van der Waals surface area (Å²) in [6.07, 6.45) is 9.57. The van der Waals surface area contributed by atoms with Gasteiger partial charge in [0.25, 0.3) is 0 Å². The van der Waals surface area contributed by atoms with Crippen LogP contribution in [0.25, 0.3) is 0 Å². The summed E-state index contributed by atoms with van der Waals surface area (Å²) in [6.45, 7) is 4.69. The number of rotatable bonds is 7. The van der Waals surface area contributed by atoms with Gasteiger partial charge in [-0.3, -0.25) is 4.99 Å². The Morgan fingerprint density at radius 3 is 2.71 bits per heavy atom. The lowest BCUT2D eigenvalue weighted by molar-refractivity contribution is 0.0395. The maximum absolute atomic E-state index is 6.49. The van der Waals surface area contributed by atoms with Crippen molar-refractivity contribution in [3.05, 3.63) is 29.8 Å². The molecule has 1 unspecified atom stereocenters. The fourth-order valence-electron chi connectivity index (χ4n) is 4.83. The molecule has 0 bridgehead atoms. The van der Waals surface area contributed by atoms with Crippen molar-refractivity contribution in [2.45, 2.75) is 69.9 Å². The molecule has 1 spiro atoms. The van der Waals surface area contributed by atoms with Crippen LogP contribution in [0, 0.1) is 5.41 Å². The lowest BCUT2D eigenvalue weighted by Crippen LogP contribution is -2.47. The van der Waals surface area contributed by atoms with E-state index in [9.17, 15) is 0 Å². The number of nitrogens with one attached hydrogen (secondary N) is 2. The van der Waals surface area contributed by atoms with Crippen molar-refractivity contribution in [1.29, 1.82) is 0 Å². The number of fused-ring (bicyclic) bond motifs is 1. The van der Waals surface area contributed by atoms with E-state index in [1.54, 1.807) is 0 Å². The number of aliphatic imine (C=N–C) groups is 1. The third kappa shape index (κ3) is 4.29. The van der Waals surface area contributed by atoms with Crippen molar-refractivity contribution < 1.29 is 9.47 Å². The number of hydrogen-bond acceptors (Lipinski definition) is 3. The van der Waals surface area contributed by atoms with E-state index in [2.05, 4.69) is 46.8 Å². The van der Waals surface area contributed by atoms with Crippen LogP contribution in [0.4, 0.5) is 0 Å². The van der Waals surface area contributed by atoms with Crippen LogP contribution < -0.4 is 15.4 Å². The van der Waals surface area contributed by atoms with Crippen LogP contribution in [0.5, 0.6) is 5.75 Å². The zero-order chi connectivity index (χ0) is 19.5. The third-order valence-electron chi connectivity index (χ3n) is 6.82. The lowest BCUT2D eigenvalue weighted by Gasteiger charge is -2.40. The fourth-order valence-corrected chi connectivity index (χ4v) is 4.83. The molecule has 2 saturated carbocycles. The van der Waals surface area contributed by atoms with E-state index in [1.807, 2.05) is 7.05 Å². The van der Waals surface area contributed by atoms with E-state index in [0.29, 0.717) is 5.41 Å². The molecule has 1 aromatic carbocycles. The van der Waals surface area contributed by atoms with E-state index < -0.39 is 0 Å². The Hall–Kier alpha value is -1.75. The zero-order valence-corrected chi connectivity index (χ0v) is 17.4. The Morgan fingerprint density at radius 2 is 2.00 bits per heavy atom. The van der Waals surface area contributed by atoms with Gasteiger partial charge >= 0.3 is 0 Å². The number of nitrogens with zero attached hydrogens (tertiary/aromatic N) is 1. The van der Waals surface area contributed by atoms with Crippen LogP contribution in [-0.2, 0) is 4.74 Å². The van der Waals surface area contributed by atoms with E-state index in [4.69, 9.17) is 9.47 Å². The van der Waals surface area contributed by atoms with E-state index >= 15 is 0 Å². The van der Waals surface area contributed by atoms with E-state index in [1.165, 1.54) is 31.2 Å². The highest BCUT2D eigenvalue weighted by atomic mass is 16.5. The van der Waals surface area contributed by atoms with Gasteiger partial charge in [0.2, 0.25) is 0 Å². The minimum Gasteiger partial charge on any atom is -0.487 e. The largest absolute Gasteiger partial charge is 0.487 e. The first-order chi connectivity index (χ1) is 13.7. The second-order valence-electron chi connectivity index (χ2n) is 8.80. The van der Waals surface area contributed by atoms with E-state index in [-0.39, 0.29) is 11.6 Å². The molecule has 5 heteroatoms. The molecule has 154 valence electrons. The highest BCUT2D eigenvalue weighted by Gasteiger charge is 2.44. The van der Waals surface area contributed by atoms with Crippen LogP contribution in [0.3, 0.4) is 0 Å². The molecule has 0 amide bonds. The molecule has 1 atom stereocenters. The Morgan fingerprint density at radius 1 is 1.21 bits per heavy atom. The molecule has 2 aliphatic carbocycles. The van der Waals surface area contributed by atoms with Crippen molar-refractivity contribution in [1.82, 2.24) is 10.6 Å². The van der Waals surface area contributed by atoms with Gasteiger partial charge in [0.1, 0.15) is 11.4 Å². The van der Waals surface area contributed by atoms with Gasteiger partial charge in [0.05, 0.1) is 6.04 Å². The second kappa shape index (κ2) is 8.32. The van der Waals surface area contributed by atoms with Crippen LogP contribution in [0.1, 0.15) is 69.9 Å². The number of guanidine groups is 1. The van der Waals surface area contributed by atoms with Crippen molar-refractivity contribution in [2.24, 2.45) is 10.4 Å². The molecular weight excluding hydrogens is 350 g/mol. The van der Waals surface area contributed by atoms with Crippen molar-refractivity contribution in [2.75, 3.05) is 26.8 Å². The van der Waals surface area contributed by atoms with Crippen LogP contribution in [0.15, 0.2) is 29.3 Å². The van der Waals surface area contributed by atoms with Gasteiger partial charge in [-0.15, -0.1) is 0 Å². The van der Waals surface area contributed by atoms with Crippen molar-refractivity contribution in [3.63, 3.8) is 0 Å². The van der Waals surface area contributed by atoms with E-state index in [0.717, 1.165) is 57.2 Å². The third-order valence-corrected chi connectivity index (χ3v) is 6.82. The number of ether oxygens (including phenoxy) is 2. The number of para-hydroxylation sites is 1. The summed E-state index contributed by atoms with van der Waals surface area (Å²) in [7, 11) is 1.87. The van der Waals surface area contributed by atoms with Gasteiger partial charge in [-0.05, 0) is 63.4 Å². The summed E-state index contributed by atoms with van der Waals surface area (Å²) < 4.78 is 12.1. The first kappa shape index (κ1) is 19.6. The molecule has 5 nitrogen and oxygen atoms in total. The maximum Gasteiger partial charge on any atom is 0.191 e. The average molecular weight is 386 g/mol. The van der Waals surface area contributed by atoms with Crippen LogP contribution in [-0.4, -0.2) is 38.4 Å². The van der Waals surface area contributed by atoms with Crippen molar-refractivity contribution >= 4 is 5.96 Å². The predicted octanol–water partition coefficient (Wildman–Crippen LogP) is 4.19. The maximum atomic E-state index is 6.49. The molecule has 0 aromatic heterocycles. The van der Waals surface area contributed by atoms with Gasteiger partial charge in [-0.2, -0.15) is 0 Å². The molecule has 4 rings (SSSR count). The smallest absolute Gasteiger partial charge is 0.191 e. The fraction of sp³-hybridized carbons (Fsp3) is 0.696. The molecule has 0 saturated heterocycles. The van der Waals surface area contributed by atoms with Gasteiger partial charge < -0.3 is 20.1 Å². The molecule has 28 heavy (non-hydrogen) atoms. The molecule has 1 aromatic rings. The van der Waals surface area contributed by atoms with Gasteiger partial charge in [-0.1, -0.05) is 18.2 Å². The Kier molecular flexibility index (Phi) is 5.81. The molecule has 2 fully saturated rings. The Labute approximate surface area is 169 Å². The summed E-state index contributed by atoms with van der Waals surface area (Å²) >= 11 is 0. The lowest BCUT2D eigenvalue weighted by atomic mass is 9.86. The monoisotopic (exact) mass is 385 g/mol. The first-order valence-electron chi connectivity index (χ1n) is 11.0. The Balaban J connectivity index is 1.40. The SMILES string of the molecule is CCOCCC1(CNC(=NC)NC2CC3(CCCC3)Oc3ccccc32)CC1.